The molecule has 0 saturated carbocycles. The van der Waals surface area contributed by atoms with Crippen molar-refractivity contribution in [1.29, 1.82) is 0 Å². The van der Waals surface area contributed by atoms with Gasteiger partial charge in [0.05, 0.1) is 15.1 Å². The first kappa shape index (κ1) is 12.8. The summed E-state index contributed by atoms with van der Waals surface area (Å²) in [5, 5.41) is 4.15. The molecule has 17 heavy (non-hydrogen) atoms. The molecule has 5 heteroatoms. The normalized spacial score (nSPS) is 12.7. The van der Waals surface area contributed by atoms with E-state index in [2.05, 4.69) is 4.98 Å². The van der Waals surface area contributed by atoms with Crippen molar-refractivity contribution in [2.75, 3.05) is 0 Å². The highest BCUT2D eigenvalue weighted by molar-refractivity contribution is 7.09. The van der Waals surface area contributed by atoms with Crippen LogP contribution in [-0.2, 0) is 6.42 Å². The van der Waals surface area contributed by atoms with Crippen LogP contribution in [0.5, 0.6) is 0 Å². The largest absolute Gasteiger partial charge is 0.324 e. The smallest absolute Gasteiger partial charge is 0.0947 e. The van der Waals surface area contributed by atoms with Gasteiger partial charge in [0, 0.05) is 23.5 Å². The molecule has 1 aromatic heterocycles. The molecule has 2 aromatic rings. The molecule has 2 rings (SSSR count). The zero-order valence-electron chi connectivity index (χ0n) is 9.28. The molecule has 2 nitrogen and oxygen atoms in total. The van der Waals surface area contributed by atoms with E-state index >= 15 is 0 Å². The molecule has 0 spiro atoms. The number of halogens is 2. The van der Waals surface area contributed by atoms with E-state index in [0.717, 1.165) is 22.7 Å². The van der Waals surface area contributed by atoms with Crippen molar-refractivity contribution in [1.82, 2.24) is 4.98 Å². The average molecular weight is 287 g/mol. The fourth-order valence-corrected chi connectivity index (χ4v) is 2.68. The molecule has 1 atom stereocenters. The highest BCUT2D eigenvalue weighted by atomic mass is 35.5. The fourth-order valence-electron chi connectivity index (χ4n) is 1.55. The van der Waals surface area contributed by atoms with E-state index < -0.39 is 0 Å². The quantitative estimate of drug-likeness (QED) is 0.926. The summed E-state index contributed by atoms with van der Waals surface area (Å²) >= 11 is 13.5. The number of aromatic nitrogens is 1. The van der Waals surface area contributed by atoms with E-state index in [4.69, 9.17) is 28.9 Å². The SMILES string of the molecule is Cc1csc(CC(N)c2ccc(Cl)c(Cl)c2)n1. The maximum absolute atomic E-state index is 6.12. The molecule has 0 bridgehead atoms. The maximum Gasteiger partial charge on any atom is 0.0947 e. The number of thiazole rings is 1. The number of hydrogen-bond donors (Lipinski definition) is 1. The number of benzene rings is 1. The van der Waals surface area contributed by atoms with Gasteiger partial charge in [-0.2, -0.15) is 0 Å². The summed E-state index contributed by atoms with van der Waals surface area (Å²) < 4.78 is 0. The molecule has 0 fully saturated rings. The molecule has 0 saturated heterocycles. The Hall–Kier alpha value is -0.610. The zero-order chi connectivity index (χ0) is 12.4. The van der Waals surface area contributed by atoms with Crippen LogP contribution in [0.2, 0.25) is 10.0 Å². The first-order chi connectivity index (χ1) is 8.06. The lowest BCUT2D eigenvalue weighted by Gasteiger charge is -2.11. The van der Waals surface area contributed by atoms with Crippen molar-refractivity contribution >= 4 is 34.5 Å². The summed E-state index contributed by atoms with van der Waals surface area (Å²) in [5.74, 6) is 0. The van der Waals surface area contributed by atoms with Crippen molar-refractivity contribution in [3.8, 4) is 0 Å². The van der Waals surface area contributed by atoms with E-state index in [1.165, 1.54) is 0 Å². The molecule has 0 aliphatic rings. The van der Waals surface area contributed by atoms with Gasteiger partial charge in [0.2, 0.25) is 0 Å². The molecule has 1 aromatic carbocycles. The number of rotatable bonds is 3. The second-order valence-corrected chi connectivity index (χ2v) is 5.62. The van der Waals surface area contributed by atoms with Gasteiger partial charge in [-0.05, 0) is 24.6 Å². The minimum atomic E-state index is -0.102. The van der Waals surface area contributed by atoms with Crippen LogP contribution in [0.4, 0.5) is 0 Å². The van der Waals surface area contributed by atoms with Crippen molar-refractivity contribution in [3.63, 3.8) is 0 Å². The lowest BCUT2D eigenvalue weighted by atomic mass is 10.1. The zero-order valence-corrected chi connectivity index (χ0v) is 11.6. The summed E-state index contributed by atoms with van der Waals surface area (Å²) in [5.41, 5.74) is 8.13. The van der Waals surface area contributed by atoms with Gasteiger partial charge >= 0.3 is 0 Å². The highest BCUT2D eigenvalue weighted by Crippen LogP contribution is 2.26. The van der Waals surface area contributed by atoms with Gasteiger partial charge < -0.3 is 5.73 Å². The Kier molecular flexibility index (Phi) is 4.05. The minimum Gasteiger partial charge on any atom is -0.324 e. The van der Waals surface area contributed by atoms with E-state index in [1.54, 1.807) is 17.4 Å². The Bertz CT molecular complexity index is 525. The lowest BCUT2D eigenvalue weighted by molar-refractivity contribution is 0.717. The van der Waals surface area contributed by atoms with Crippen LogP contribution in [-0.4, -0.2) is 4.98 Å². The first-order valence-electron chi connectivity index (χ1n) is 5.18. The van der Waals surface area contributed by atoms with Crippen LogP contribution < -0.4 is 5.73 Å². The second-order valence-electron chi connectivity index (χ2n) is 3.87. The van der Waals surface area contributed by atoms with Crippen LogP contribution in [0.3, 0.4) is 0 Å². The molecule has 1 unspecified atom stereocenters. The molecule has 1 heterocycles. The molecule has 0 radical (unpaired) electrons. The molecule has 2 N–H and O–H groups in total. The van der Waals surface area contributed by atoms with Crippen molar-refractivity contribution in [2.45, 2.75) is 19.4 Å². The predicted octanol–water partition coefficient (Wildman–Crippen LogP) is 4.00. The van der Waals surface area contributed by atoms with Crippen molar-refractivity contribution in [2.24, 2.45) is 5.73 Å². The number of aryl methyl sites for hydroxylation is 1. The summed E-state index contributed by atoms with van der Waals surface area (Å²) in [7, 11) is 0. The van der Waals surface area contributed by atoms with Gasteiger partial charge in [0.15, 0.2) is 0 Å². The summed E-state index contributed by atoms with van der Waals surface area (Å²) in [6.07, 6.45) is 0.719. The fraction of sp³-hybridized carbons (Fsp3) is 0.250. The number of nitrogens with zero attached hydrogens (tertiary/aromatic N) is 1. The highest BCUT2D eigenvalue weighted by Gasteiger charge is 2.11. The molecule has 0 aliphatic carbocycles. The summed E-state index contributed by atoms with van der Waals surface area (Å²) in [6, 6.07) is 5.39. The van der Waals surface area contributed by atoms with Gasteiger partial charge in [-0.3, -0.25) is 0 Å². The van der Waals surface area contributed by atoms with E-state index in [0.29, 0.717) is 10.0 Å². The number of nitrogens with two attached hydrogens (primary N) is 1. The molecular weight excluding hydrogens is 275 g/mol. The van der Waals surface area contributed by atoms with E-state index in [-0.39, 0.29) is 6.04 Å². The minimum absolute atomic E-state index is 0.102. The summed E-state index contributed by atoms with van der Waals surface area (Å²) in [6.45, 7) is 1.98. The Morgan fingerprint density at radius 1 is 1.35 bits per heavy atom. The Balaban J connectivity index is 2.14. The predicted molar refractivity (Wildman–Crippen MR) is 73.9 cm³/mol. The monoisotopic (exact) mass is 286 g/mol. The van der Waals surface area contributed by atoms with Crippen LogP contribution in [0.25, 0.3) is 0 Å². The van der Waals surface area contributed by atoms with Crippen LogP contribution in [0.1, 0.15) is 22.3 Å². The topological polar surface area (TPSA) is 38.9 Å². The molecule has 0 aliphatic heterocycles. The third kappa shape index (κ3) is 3.19. The van der Waals surface area contributed by atoms with Gasteiger partial charge in [0.25, 0.3) is 0 Å². The van der Waals surface area contributed by atoms with E-state index in [1.807, 2.05) is 24.4 Å². The van der Waals surface area contributed by atoms with Crippen molar-refractivity contribution < 1.29 is 0 Å². The lowest BCUT2D eigenvalue weighted by Crippen LogP contribution is -2.13. The number of hydrogen-bond acceptors (Lipinski definition) is 3. The third-order valence-electron chi connectivity index (χ3n) is 2.43. The summed E-state index contributed by atoms with van der Waals surface area (Å²) in [4.78, 5) is 4.40. The van der Waals surface area contributed by atoms with Crippen molar-refractivity contribution in [3.05, 3.63) is 49.9 Å². The second kappa shape index (κ2) is 5.36. The van der Waals surface area contributed by atoms with Gasteiger partial charge in [-0.1, -0.05) is 29.3 Å². The molecule has 0 amide bonds. The molecular formula is C12H12Cl2N2S. The standard InChI is InChI=1S/C12H12Cl2N2S/c1-7-6-17-12(16-7)5-11(15)8-2-3-9(13)10(14)4-8/h2-4,6,11H,5,15H2,1H3. The van der Waals surface area contributed by atoms with Crippen LogP contribution in [0.15, 0.2) is 23.6 Å². The van der Waals surface area contributed by atoms with Gasteiger partial charge in [-0.25, -0.2) is 4.98 Å². The van der Waals surface area contributed by atoms with Gasteiger partial charge in [0.1, 0.15) is 0 Å². The maximum atomic E-state index is 6.12. The van der Waals surface area contributed by atoms with E-state index in [9.17, 15) is 0 Å². The third-order valence-corrected chi connectivity index (χ3v) is 4.16. The Labute approximate surface area is 114 Å². The first-order valence-corrected chi connectivity index (χ1v) is 6.81. The van der Waals surface area contributed by atoms with Gasteiger partial charge in [-0.15, -0.1) is 11.3 Å². The molecule has 90 valence electrons. The Morgan fingerprint density at radius 3 is 2.71 bits per heavy atom. The average Bonchev–Trinajstić information content (AvgIpc) is 2.68. The van der Waals surface area contributed by atoms with Crippen LogP contribution >= 0.6 is 34.5 Å². The Morgan fingerprint density at radius 2 is 2.12 bits per heavy atom. The van der Waals surface area contributed by atoms with Crippen LogP contribution in [0, 0.1) is 6.92 Å².